The maximum Gasteiger partial charge on any atom is 0.236 e. The molecule has 0 saturated heterocycles. The van der Waals surface area contributed by atoms with Crippen LogP contribution in [0, 0.1) is 0 Å². The average molecular weight is 209 g/mol. The molecule has 0 aromatic carbocycles. The second-order valence-electron chi connectivity index (χ2n) is 2.39. The molecule has 0 unspecified atom stereocenters. The highest BCUT2D eigenvalue weighted by Crippen LogP contribution is 2.07. The summed E-state index contributed by atoms with van der Waals surface area (Å²) in [6.07, 6.45) is 3.17. The van der Waals surface area contributed by atoms with Crippen molar-refractivity contribution in [2.24, 2.45) is 0 Å². The lowest BCUT2D eigenvalue weighted by Gasteiger charge is -1.91. The van der Waals surface area contributed by atoms with Crippen LogP contribution in [0.3, 0.4) is 0 Å². The molecule has 0 bridgehead atoms. The summed E-state index contributed by atoms with van der Waals surface area (Å²) in [6, 6.07) is 0. The molecule has 0 amide bonds. The van der Waals surface area contributed by atoms with Gasteiger partial charge in [-0.05, 0) is 6.92 Å². The SMILES string of the molecule is CCn1cc(CS(=O)(=O)Cl)cn1. The van der Waals surface area contributed by atoms with Crippen LogP contribution >= 0.6 is 10.7 Å². The summed E-state index contributed by atoms with van der Waals surface area (Å²) in [5, 5.41) is 3.91. The van der Waals surface area contributed by atoms with E-state index in [1.807, 2.05) is 6.92 Å². The molecule has 0 spiro atoms. The number of halogens is 1. The molecule has 0 aliphatic heterocycles. The maximum atomic E-state index is 10.6. The second-order valence-corrected chi connectivity index (χ2v) is 5.16. The van der Waals surface area contributed by atoms with E-state index in [0.717, 1.165) is 6.54 Å². The first-order valence-electron chi connectivity index (χ1n) is 3.45. The molecule has 4 nitrogen and oxygen atoms in total. The molecule has 0 aliphatic rings. The summed E-state index contributed by atoms with van der Waals surface area (Å²) in [6.45, 7) is 2.65. The minimum atomic E-state index is -3.45. The van der Waals surface area contributed by atoms with E-state index in [-0.39, 0.29) is 5.75 Å². The summed E-state index contributed by atoms with van der Waals surface area (Å²) >= 11 is 0. The molecule has 1 heterocycles. The summed E-state index contributed by atoms with van der Waals surface area (Å²) in [5.74, 6) is -0.158. The van der Waals surface area contributed by atoms with E-state index in [2.05, 4.69) is 5.10 Å². The van der Waals surface area contributed by atoms with Gasteiger partial charge in [0.1, 0.15) is 0 Å². The normalized spacial score (nSPS) is 11.8. The maximum absolute atomic E-state index is 10.6. The zero-order valence-corrected chi connectivity index (χ0v) is 8.14. The van der Waals surface area contributed by atoms with Crippen LogP contribution in [0.2, 0.25) is 0 Å². The first-order chi connectivity index (χ1) is 5.51. The summed E-state index contributed by atoms with van der Waals surface area (Å²) < 4.78 is 22.9. The topological polar surface area (TPSA) is 52.0 Å². The Hall–Kier alpha value is -0.550. The third kappa shape index (κ3) is 2.83. The Labute approximate surface area is 75.6 Å². The van der Waals surface area contributed by atoms with Crippen molar-refractivity contribution in [1.29, 1.82) is 0 Å². The number of nitrogens with zero attached hydrogens (tertiary/aromatic N) is 2. The third-order valence-electron chi connectivity index (χ3n) is 1.35. The van der Waals surface area contributed by atoms with Crippen LogP contribution in [0.4, 0.5) is 0 Å². The van der Waals surface area contributed by atoms with E-state index < -0.39 is 9.05 Å². The van der Waals surface area contributed by atoms with Gasteiger partial charge in [0.05, 0.1) is 11.9 Å². The van der Waals surface area contributed by atoms with Crippen molar-refractivity contribution in [3.8, 4) is 0 Å². The van der Waals surface area contributed by atoms with Crippen molar-refractivity contribution in [1.82, 2.24) is 9.78 Å². The van der Waals surface area contributed by atoms with Gasteiger partial charge in [0.2, 0.25) is 9.05 Å². The van der Waals surface area contributed by atoms with Crippen molar-refractivity contribution in [2.75, 3.05) is 0 Å². The van der Waals surface area contributed by atoms with Crippen molar-refractivity contribution in [3.63, 3.8) is 0 Å². The summed E-state index contributed by atoms with van der Waals surface area (Å²) in [5.41, 5.74) is 0.617. The highest BCUT2D eigenvalue weighted by Gasteiger charge is 2.08. The number of rotatable bonds is 3. The van der Waals surface area contributed by atoms with Crippen LogP contribution in [0.5, 0.6) is 0 Å². The number of aromatic nitrogens is 2. The van der Waals surface area contributed by atoms with E-state index in [0.29, 0.717) is 5.56 Å². The molecule has 0 atom stereocenters. The van der Waals surface area contributed by atoms with E-state index >= 15 is 0 Å². The number of hydrogen-bond acceptors (Lipinski definition) is 3. The average Bonchev–Trinajstić information content (AvgIpc) is 2.32. The lowest BCUT2D eigenvalue weighted by Crippen LogP contribution is -1.94. The highest BCUT2D eigenvalue weighted by molar-refractivity contribution is 8.13. The van der Waals surface area contributed by atoms with Gasteiger partial charge in [0, 0.05) is 29.0 Å². The van der Waals surface area contributed by atoms with E-state index in [4.69, 9.17) is 10.7 Å². The zero-order chi connectivity index (χ0) is 9.19. The van der Waals surface area contributed by atoms with Crippen LogP contribution in [0.25, 0.3) is 0 Å². The third-order valence-corrected chi connectivity index (χ3v) is 2.36. The fraction of sp³-hybridized carbons (Fsp3) is 0.500. The number of hydrogen-bond donors (Lipinski definition) is 0. The molecule has 0 radical (unpaired) electrons. The minimum absolute atomic E-state index is 0.158. The Kier molecular flexibility index (Phi) is 2.74. The first kappa shape index (κ1) is 9.54. The molecule has 68 valence electrons. The van der Waals surface area contributed by atoms with Gasteiger partial charge < -0.3 is 0 Å². The van der Waals surface area contributed by atoms with Crippen molar-refractivity contribution in [3.05, 3.63) is 18.0 Å². The molecule has 1 aromatic rings. The Morgan fingerprint density at radius 1 is 1.67 bits per heavy atom. The molecule has 1 rings (SSSR count). The van der Waals surface area contributed by atoms with Crippen molar-refractivity contribution >= 4 is 19.7 Å². The molecular weight excluding hydrogens is 200 g/mol. The minimum Gasteiger partial charge on any atom is -0.273 e. The molecule has 1 aromatic heterocycles. The first-order valence-corrected chi connectivity index (χ1v) is 5.93. The lowest BCUT2D eigenvalue weighted by molar-refractivity contribution is 0.609. The fourth-order valence-electron chi connectivity index (χ4n) is 0.853. The molecular formula is C6H9ClN2O2S. The second kappa shape index (κ2) is 3.45. The lowest BCUT2D eigenvalue weighted by atomic mass is 10.4. The van der Waals surface area contributed by atoms with Gasteiger partial charge >= 0.3 is 0 Å². The van der Waals surface area contributed by atoms with E-state index in [1.54, 1.807) is 10.9 Å². The molecule has 12 heavy (non-hydrogen) atoms. The smallest absolute Gasteiger partial charge is 0.236 e. The van der Waals surface area contributed by atoms with Crippen molar-refractivity contribution < 1.29 is 8.42 Å². The Balaban J connectivity index is 2.78. The van der Waals surface area contributed by atoms with Crippen LogP contribution < -0.4 is 0 Å². The predicted octanol–water partition coefficient (Wildman–Crippen LogP) is 0.972. The quantitative estimate of drug-likeness (QED) is 0.696. The molecule has 0 N–H and O–H groups in total. The van der Waals surface area contributed by atoms with Crippen LogP contribution in [0.15, 0.2) is 12.4 Å². The van der Waals surface area contributed by atoms with Crippen LogP contribution in [-0.4, -0.2) is 18.2 Å². The van der Waals surface area contributed by atoms with Gasteiger partial charge in [-0.25, -0.2) is 8.42 Å². The van der Waals surface area contributed by atoms with Gasteiger partial charge in [-0.2, -0.15) is 5.10 Å². The van der Waals surface area contributed by atoms with Crippen LogP contribution in [0.1, 0.15) is 12.5 Å². The van der Waals surface area contributed by atoms with E-state index in [1.165, 1.54) is 6.20 Å². The molecule has 0 fully saturated rings. The predicted molar refractivity (Wildman–Crippen MR) is 46.4 cm³/mol. The Bertz CT molecular complexity index is 357. The highest BCUT2D eigenvalue weighted by atomic mass is 35.7. The van der Waals surface area contributed by atoms with Gasteiger partial charge in [0.15, 0.2) is 0 Å². The zero-order valence-electron chi connectivity index (χ0n) is 6.57. The monoisotopic (exact) mass is 208 g/mol. The summed E-state index contributed by atoms with van der Waals surface area (Å²) in [4.78, 5) is 0. The molecule has 0 aliphatic carbocycles. The molecule has 0 saturated carbocycles. The number of aryl methyl sites for hydroxylation is 1. The summed E-state index contributed by atoms with van der Waals surface area (Å²) in [7, 11) is 1.60. The Morgan fingerprint density at radius 2 is 2.33 bits per heavy atom. The van der Waals surface area contributed by atoms with Gasteiger partial charge in [0.25, 0.3) is 0 Å². The van der Waals surface area contributed by atoms with Gasteiger partial charge in [-0.15, -0.1) is 0 Å². The van der Waals surface area contributed by atoms with E-state index in [9.17, 15) is 8.42 Å². The van der Waals surface area contributed by atoms with Gasteiger partial charge in [-0.1, -0.05) is 0 Å². The molecule has 6 heteroatoms. The van der Waals surface area contributed by atoms with Crippen LogP contribution in [-0.2, 0) is 21.3 Å². The standard InChI is InChI=1S/C6H9ClN2O2S/c1-2-9-4-6(3-8-9)5-12(7,10)11/h3-4H,2,5H2,1H3. The largest absolute Gasteiger partial charge is 0.273 e. The van der Waals surface area contributed by atoms with Gasteiger partial charge in [-0.3, -0.25) is 4.68 Å². The Morgan fingerprint density at radius 3 is 2.75 bits per heavy atom. The van der Waals surface area contributed by atoms with Crippen molar-refractivity contribution in [2.45, 2.75) is 19.2 Å². The fourth-order valence-corrected chi connectivity index (χ4v) is 1.78.